The zero-order valence-electron chi connectivity index (χ0n) is 10.9. The summed E-state index contributed by atoms with van der Waals surface area (Å²) < 4.78 is 5.65. The highest BCUT2D eigenvalue weighted by Crippen LogP contribution is 2.14. The first kappa shape index (κ1) is 13.8. The van der Waals surface area contributed by atoms with Crippen LogP contribution < -0.4 is 4.74 Å². The van der Waals surface area contributed by atoms with Crippen molar-refractivity contribution in [2.24, 2.45) is 0 Å². The maximum atomic E-state index is 10.4. The molecule has 1 heterocycles. The highest BCUT2D eigenvalue weighted by Gasteiger charge is 1.97. The van der Waals surface area contributed by atoms with E-state index in [0.717, 1.165) is 11.1 Å². The first-order valence-corrected chi connectivity index (χ1v) is 6.24. The van der Waals surface area contributed by atoms with Crippen molar-refractivity contribution in [1.82, 2.24) is 4.98 Å². The molecule has 0 aliphatic rings. The van der Waals surface area contributed by atoms with Crippen molar-refractivity contribution in [3.63, 3.8) is 0 Å². The fourth-order valence-corrected chi connectivity index (χ4v) is 1.64. The van der Waals surface area contributed by atoms with Gasteiger partial charge in [0.1, 0.15) is 12.4 Å². The molecule has 0 amide bonds. The van der Waals surface area contributed by atoms with Gasteiger partial charge in [0.15, 0.2) is 0 Å². The van der Waals surface area contributed by atoms with Gasteiger partial charge in [-0.05, 0) is 17.2 Å². The Labute approximate surface area is 117 Å². The number of carboxylic acids is 1. The molecule has 0 unspecified atom stereocenters. The third-order valence-electron chi connectivity index (χ3n) is 2.59. The van der Waals surface area contributed by atoms with E-state index < -0.39 is 5.97 Å². The lowest BCUT2D eigenvalue weighted by Crippen LogP contribution is -1.95. The zero-order chi connectivity index (χ0) is 14.2. The Morgan fingerprint density at radius 3 is 2.80 bits per heavy atom. The highest BCUT2D eigenvalue weighted by molar-refractivity contribution is 5.70. The topological polar surface area (TPSA) is 59.4 Å². The summed E-state index contributed by atoms with van der Waals surface area (Å²) in [5.41, 5.74) is 1.90. The molecule has 20 heavy (non-hydrogen) atoms. The van der Waals surface area contributed by atoms with Crippen molar-refractivity contribution in [3.8, 4) is 5.75 Å². The van der Waals surface area contributed by atoms with Gasteiger partial charge in [-0.15, -0.1) is 0 Å². The summed E-state index contributed by atoms with van der Waals surface area (Å²) in [6, 6.07) is 11.7. The quantitative estimate of drug-likeness (QED) is 0.875. The molecule has 0 aliphatic heterocycles. The predicted octanol–water partition coefficient (Wildman–Crippen LogP) is 3.15. The maximum absolute atomic E-state index is 10.4. The number of hydrogen-bond acceptors (Lipinski definition) is 3. The first-order chi connectivity index (χ1) is 9.74. The Morgan fingerprint density at radius 2 is 2.05 bits per heavy atom. The van der Waals surface area contributed by atoms with E-state index in [0.29, 0.717) is 12.4 Å². The van der Waals surface area contributed by atoms with Crippen molar-refractivity contribution in [1.29, 1.82) is 0 Å². The van der Waals surface area contributed by atoms with Crippen LogP contribution in [0.3, 0.4) is 0 Å². The molecule has 1 N–H and O–H groups in total. The fraction of sp³-hybridized carbons (Fsp3) is 0.125. The molecule has 0 radical (unpaired) electrons. The second kappa shape index (κ2) is 7.09. The molecule has 0 spiro atoms. The SMILES string of the molecule is O=C(O)CC=Cc1cncc(OCc2ccccc2)c1. The summed E-state index contributed by atoms with van der Waals surface area (Å²) in [6.07, 6.45) is 6.59. The van der Waals surface area contributed by atoms with Crippen molar-refractivity contribution >= 4 is 12.0 Å². The average Bonchev–Trinajstić information content (AvgIpc) is 2.46. The molecule has 0 saturated heterocycles. The maximum Gasteiger partial charge on any atom is 0.307 e. The molecular weight excluding hydrogens is 254 g/mol. The summed E-state index contributed by atoms with van der Waals surface area (Å²) in [5.74, 6) is -0.197. The Hall–Kier alpha value is -2.62. The molecule has 0 atom stereocenters. The number of aliphatic carboxylic acids is 1. The standard InChI is InChI=1S/C16H15NO3/c18-16(19)8-4-7-14-9-15(11-17-10-14)20-12-13-5-2-1-3-6-13/h1-7,9-11H,8,12H2,(H,18,19). The van der Waals surface area contributed by atoms with Gasteiger partial charge >= 0.3 is 5.97 Å². The largest absolute Gasteiger partial charge is 0.487 e. The second-order valence-electron chi connectivity index (χ2n) is 4.23. The van der Waals surface area contributed by atoms with E-state index in [-0.39, 0.29) is 6.42 Å². The Balaban J connectivity index is 1.95. The van der Waals surface area contributed by atoms with Crippen molar-refractivity contribution in [3.05, 3.63) is 66.0 Å². The monoisotopic (exact) mass is 269 g/mol. The normalized spacial score (nSPS) is 10.6. The van der Waals surface area contributed by atoms with E-state index in [4.69, 9.17) is 9.84 Å². The number of carbonyl (C=O) groups is 1. The molecule has 102 valence electrons. The summed E-state index contributed by atoms with van der Waals surface area (Å²) in [7, 11) is 0. The van der Waals surface area contributed by atoms with E-state index in [2.05, 4.69) is 4.98 Å². The van der Waals surface area contributed by atoms with Crippen LogP contribution in [0.15, 0.2) is 54.9 Å². The van der Waals surface area contributed by atoms with Crippen LogP contribution in [0.4, 0.5) is 0 Å². The zero-order valence-corrected chi connectivity index (χ0v) is 10.9. The third kappa shape index (κ3) is 4.57. The molecule has 1 aromatic heterocycles. The van der Waals surface area contributed by atoms with Gasteiger partial charge < -0.3 is 9.84 Å². The minimum atomic E-state index is -0.856. The number of pyridine rings is 1. The minimum Gasteiger partial charge on any atom is -0.487 e. The van der Waals surface area contributed by atoms with E-state index in [9.17, 15) is 4.79 Å². The van der Waals surface area contributed by atoms with Crippen LogP contribution in [0.2, 0.25) is 0 Å². The van der Waals surface area contributed by atoms with E-state index in [1.165, 1.54) is 0 Å². The molecule has 0 aliphatic carbocycles. The Kier molecular flexibility index (Phi) is 4.89. The van der Waals surface area contributed by atoms with Crippen LogP contribution in [0, 0.1) is 0 Å². The van der Waals surface area contributed by atoms with Gasteiger partial charge in [0.05, 0.1) is 12.6 Å². The van der Waals surface area contributed by atoms with Gasteiger partial charge in [0, 0.05) is 6.20 Å². The van der Waals surface area contributed by atoms with Crippen LogP contribution in [-0.4, -0.2) is 16.1 Å². The average molecular weight is 269 g/mol. The molecule has 0 fully saturated rings. The number of rotatable bonds is 6. The van der Waals surface area contributed by atoms with Crippen LogP contribution in [0.1, 0.15) is 17.5 Å². The second-order valence-corrected chi connectivity index (χ2v) is 4.23. The van der Waals surface area contributed by atoms with Crippen molar-refractivity contribution in [2.75, 3.05) is 0 Å². The van der Waals surface area contributed by atoms with Gasteiger partial charge in [0.25, 0.3) is 0 Å². The summed E-state index contributed by atoms with van der Waals surface area (Å²) >= 11 is 0. The fourth-order valence-electron chi connectivity index (χ4n) is 1.64. The summed E-state index contributed by atoms with van der Waals surface area (Å²) in [6.45, 7) is 0.477. The van der Waals surface area contributed by atoms with E-state index in [1.807, 2.05) is 36.4 Å². The molecule has 0 bridgehead atoms. The van der Waals surface area contributed by atoms with Crippen molar-refractivity contribution < 1.29 is 14.6 Å². The first-order valence-electron chi connectivity index (χ1n) is 6.24. The number of aromatic nitrogens is 1. The predicted molar refractivity (Wildman–Crippen MR) is 76.3 cm³/mol. The van der Waals surface area contributed by atoms with E-state index in [1.54, 1.807) is 24.5 Å². The smallest absolute Gasteiger partial charge is 0.307 e. The van der Waals surface area contributed by atoms with Crippen molar-refractivity contribution in [2.45, 2.75) is 13.0 Å². The van der Waals surface area contributed by atoms with Crippen LogP contribution in [0.25, 0.3) is 6.08 Å². The third-order valence-corrected chi connectivity index (χ3v) is 2.59. The molecule has 1 aromatic carbocycles. The number of benzene rings is 1. The lowest BCUT2D eigenvalue weighted by Gasteiger charge is -2.06. The Morgan fingerprint density at radius 1 is 1.25 bits per heavy atom. The number of ether oxygens (including phenoxy) is 1. The summed E-state index contributed by atoms with van der Waals surface area (Å²) in [5, 5.41) is 8.56. The van der Waals surface area contributed by atoms with Gasteiger partial charge in [0.2, 0.25) is 0 Å². The Bertz CT molecular complexity index is 594. The van der Waals surface area contributed by atoms with E-state index >= 15 is 0 Å². The van der Waals surface area contributed by atoms with Gasteiger partial charge in [-0.2, -0.15) is 0 Å². The van der Waals surface area contributed by atoms with Crippen LogP contribution in [0.5, 0.6) is 5.75 Å². The van der Waals surface area contributed by atoms with Crippen LogP contribution >= 0.6 is 0 Å². The molecule has 4 heteroatoms. The molecule has 0 saturated carbocycles. The molecule has 4 nitrogen and oxygen atoms in total. The molecular formula is C16H15NO3. The van der Waals surface area contributed by atoms with Gasteiger partial charge in [-0.25, -0.2) is 0 Å². The number of nitrogens with zero attached hydrogens (tertiary/aromatic N) is 1. The van der Waals surface area contributed by atoms with Crippen LogP contribution in [-0.2, 0) is 11.4 Å². The van der Waals surface area contributed by atoms with Gasteiger partial charge in [-0.1, -0.05) is 42.5 Å². The number of hydrogen-bond donors (Lipinski definition) is 1. The molecule has 2 rings (SSSR count). The lowest BCUT2D eigenvalue weighted by atomic mass is 10.2. The lowest BCUT2D eigenvalue weighted by molar-refractivity contribution is -0.135. The minimum absolute atomic E-state index is 0.00486. The van der Waals surface area contributed by atoms with Gasteiger partial charge in [-0.3, -0.25) is 9.78 Å². The highest BCUT2D eigenvalue weighted by atomic mass is 16.5. The summed E-state index contributed by atoms with van der Waals surface area (Å²) in [4.78, 5) is 14.5. The number of carboxylic acid groups (broad SMARTS) is 1. The molecule has 2 aromatic rings.